The Morgan fingerprint density at radius 2 is 1.96 bits per heavy atom. The predicted octanol–water partition coefficient (Wildman–Crippen LogP) is 3.41. The fraction of sp³-hybridized carbons (Fsp3) is 0.421. The summed E-state index contributed by atoms with van der Waals surface area (Å²) in [6.45, 7) is 5.57. The Hall–Kier alpha value is -2.28. The van der Waals surface area contributed by atoms with E-state index in [4.69, 9.17) is 0 Å². The molecule has 140 valence electrons. The number of rotatable bonds is 9. The number of unbranched alkanes of at least 4 members (excludes halogenated alkanes) is 1. The maximum Gasteiger partial charge on any atom is 0.253 e. The maximum absolute atomic E-state index is 12.5. The smallest absolute Gasteiger partial charge is 0.253 e. The number of amides is 2. The highest BCUT2D eigenvalue weighted by atomic mass is 32.2. The molecule has 2 amide bonds. The molecule has 1 aromatic heterocycles. The van der Waals surface area contributed by atoms with E-state index in [9.17, 15) is 9.59 Å². The summed E-state index contributed by atoms with van der Waals surface area (Å²) in [6.07, 6.45) is 5.61. The normalized spacial score (nSPS) is 10.6. The number of thioether (sulfide) groups is 1. The van der Waals surface area contributed by atoms with E-state index >= 15 is 0 Å². The SMILES string of the molecule is CCCCN(CC)C(=O)c1ccc(NC(=O)CSc2nccn2C)cc1. The molecule has 0 bridgehead atoms. The highest BCUT2D eigenvalue weighted by molar-refractivity contribution is 7.99. The van der Waals surface area contributed by atoms with Gasteiger partial charge in [0.2, 0.25) is 5.91 Å². The lowest BCUT2D eigenvalue weighted by Crippen LogP contribution is -2.31. The van der Waals surface area contributed by atoms with Gasteiger partial charge in [0.1, 0.15) is 0 Å². The largest absolute Gasteiger partial charge is 0.339 e. The van der Waals surface area contributed by atoms with Crippen LogP contribution in [-0.4, -0.2) is 45.1 Å². The molecular formula is C19H26N4O2S. The molecule has 1 N–H and O–H groups in total. The lowest BCUT2D eigenvalue weighted by Gasteiger charge is -2.20. The van der Waals surface area contributed by atoms with E-state index in [1.807, 2.05) is 29.6 Å². The topological polar surface area (TPSA) is 67.2 Å². The van der Waals surface area contributed by atoms with Crippen molar-refractivity contribution in [1.29, 1.82) is 0 Å². The van der Waals surface area contributed by atoms with Gasteiger partial charge in [-0.1, -0.05) is 25.1 Å². The molecule has 0 aliphatic heterocycles. The molecule has 2 rings (SSSR count). The summed E-state index contributed by atoms with van der Waals surface area (Å²) in [7, 11) is 1.89. The second-order valence-corrected chi connectivity index (χ2v) is 6.92. The first-order chi connectivity index (χ1) is 12.5. The summed E-state index contributed by atoms with van der Waals surface area (Å²) < 4.78 is 1.87. The van der Waals surface area contributed by atoms with Gasteiger partial charge in [-0.2, -0.15) is 0 Å². The summed E-state index contributed by atoms with van der Waals surface area (Å²) in [4.78, 5) is 30.6. The van der Waals surface area contributed by atoms with Crippen LogP contribution in [-0.2, 0) is 11.8 Å². The van der Waals surface area contributed by atoms with Gasteiger partial charge in [0.25, 0.3) is 5.91 Å². The molecule has 2 aromatic rings. The lowest BCUT2D eigenvalue weighted by atomic mass is 10.1. The van der Waals surface area contributed by atoms with Crippen LogP contribution in [0.15, 0.2) is 41.8 Å². The molecule has 26 heavy (non-hydrogen) atoms. The van der Waals surface area contributed by atoms with Crippen molar-refractivity contribution in [3.63, 3.8) is 0 Å². The predicted molar refractivity (Wildman–Crippen MR) is 105 cm³/mol. The van der Waals surface area contributed by atoms with E-state index in [2.05, 4.69) is 17.2 Å². The summed E-state index contributed by atoms with van der Waals surface area (Å²) in [5.74, 6) is 0.214. The van der Waals surface area contributed by atoms with Crippen molar-refractivity contribution in [3.8, 4) is 0 Å². The molecule has 1 heterocycles. The van der Waals surface area contributed by atoms with Crippen LogP contribution in [0.3, 0.4) is 0 Å². The van der Waals surface area contributed by atoms with Gasteiger partial charge in [-0.3, -0.25) is 9.59 Å². The third-order valence-electron chi connectivity index (χ3n) is 3.98. The zero-order chi connectivity index (χ0) is 18.9. The van der Waals surface area contributed by atoms with Gasteiger partial charge in [0, 0.05) is 43.8 Å². The highest BCUT2D eigenvalue weighted by Gasteiger charge is 2.14. The summed E-state index contributed by atoms with van der Waals surface area (Å²) >= 11 is 1.38. The van der Waals surface area contributed by atoms with E-state index in [0.29, 0.717) is 17.8 Å². The maximum atomic E-state index is 12.5. The molecule has 1 aromatic carbocycles. The molecule has 0 saturated heterocycles. The Kier molecular flexibility index (Phi) is 7.72. The molecule has 6 nitrogen and oxygen atoms in total. The Morgan fingerprint density at radius 3 is 2.54 bits per heavy atom. The van der Waals surface area contributed by atoms with Crippen LogP contribution in [0, 0.1) is 0 Å². The van der Waals surface area contributed by atoms with Gasteiger partial charge >= 0.3 is 0 Å². The van der Waals surface area contributed by atoms with Crippen molar-refractivity contribution in [1.82, 2.24) is 14.5 Å². The van der Waals surface area contributed by atoms with Crippen LogP contribution in [0.2, 0.25) is 0 Å². The van der Waals surface area contributed by atoms with Gasteiger partial charge in [-0.25, -0.2) is 4.98 Å². The second-order valence-electron chi connectivity index (χ2n) is 5.97. The lowest BCUT2D eigenvalue weighted by molar-refractivity contribution is -0.113. The van der Waals surface area contributed by atoms with Crippen molar-refractivity contribution in [2.24, 2.45) is 7.05 Å². The standard InChI is InChI=1S/C19H26N4O2S/c1-4-6-12-23(5-2)18(25)15-7-9-16(10-8-15)21-17(24)14-26-19-20-11-13-22(19)3/h7-11,13H,4-6,12,14H2,1-3H3,(H,21,24). The van der Waals surface area contributed by atoms with Crippen molar-refractivity contribution in [3.05, 3.63) is 42.2 Å². The van der Waals surface area contributed by atoms with E-state index in [1.165, 1.54) is 11.8 Å². The number of nitrogens with zero attached hydrogens (tertiary/aromatic N) is 3. The van der Waals surface area contributed by atoms with Crippen LogP contribution in [0.5, 0.6) is 0 Å². The van der Waals surface area contributed by atoms with E-state index in [0.717, 1.165) is 24.5 Å². The molecule has 0 atom stereocenters. The van der Waals surface area contributed by atoms with E-state index < -0.39 is 0 Å². The monoisotopic (exact) mass is 374 g/mol. The Labute approximate surface area is 159 Å². The molecule has 7 heteroatoms. The number of nitrogens with one attached hydrogen (secondary N) is 1. The van der Waals surface area contributed by atoms with Crippen LogP contribution in [0.4, 0.5) is 5.69 Å². The first kappa shape index (κ1) is 20.0. The molecule has 0 aliphatic rings. The fourth-order valence-electron chi connectivity index (χ4n) is 2.45. The van der Waals surface area contributed by atoms with Crippen molar-refractivity contribution in [2.45, 2.75) is 31.8 Å². The van der Waals surface area contributed by atoms with Gasteiger partial charge < -0.3 is 14.8 Å². The fourth-order valence-corrected chi connectivity index (χ4v) is 3.18. The number of benzene rings is 1. The number of imidazole rings is 1. The van der Waals surface area contributed by atoms with Crippen LogP contribution >= 0.6 is 11.8 Å². The minimum Gasteiger partial charge on any atom is -0.339 e. The number of anilines is 1. The van der Waals surface area contributed by atoms with Crippen LogP contribution in [0.1, 0.15) is 37.0 Å². The van der Waals surface area contributed by atoms with Crippen LogP contribution in [0.25, 0.3) is 0 Å². The van der Waals surface area contributed by atoms with Crippen molar-refractivity contribution < 1.29 is 9.59 Å². The Morgan fingerprint density at radius 1 is 1.23 bits per heavy atom. The molecule has 0 fully saturated rings. The van der Waals surface area contributed by atoms with E-state index in [-0.39, 0.29) is 17.6 Å². The Bertz CT molecular complexity index is 727. The Balaban J connectivity index is 1.89. The minimum atomic E-state index is -0.102. The van der Waals surface area contributed by atoms with Gasteiger partial charge in [-0.05, 0) is 37.6 Å². The highest BCUT2D eigenvalue weighted by Crippen LogP contribution is 2.16. The third-order valence-corrected chi connectivity index (χ3v) is 5.03. The van der Waals surface area contributed by atoms with Gasteiger partial charge in [0.15, 0.2) is 5.16 Å². The first-order valence-electron chi connectivity index (χ1n) is 8.84. The van der Waals surface area contributed by atoms with Crippen LogP contribution < -0.4 is 5.32 Å². The summed E-state index contributed by atoms with van der Waals surface area (Å²) in [6, 6.07) is 7.06. The minimum absolute atomic E-state index is 0.0316. The summed E-state index contributed by atoms with van der Waals surface area (Å²) in [5, 5.41) is 3.64. The number of hydrogen-bond acceptors (Lipinski definition) is 4. The number of aryl methyl sites for hydroxylation is 1. The van der Waals surface area contributed by atoms with Crippen molar-refractivity contribution in [2.75, 3.05) is 24.2 Å². The quantitative estimate of drug-likeness (QED) is 0.683. The zero-order valence-corrected chi connectivity index (χ0v) is 16.4. The number of carbonyl (C=O) groups excluding carboxylic acids is 2. The van der Waals surface area contributed by atoms with Gasteiger partial charge in [0.05, 0.1) is 5.75 Å². The third kappa shape index (κ3) is 5.62. The average molecular weight is 375 g/mol. The average Bonchev–Trinajstić information content (AvgIpc) is 3.06. The summed E-state index contributed by atoms with van der Waals surface area (Å²) in [5.41, 5.74) is 1.33. The number of aromatic nitrogens is 2. The first-order valence-corrected chi connectivity index (χ1v) is 9.83. The molecule has 0 aliphatic carbocycles. The number of hydrogen-bond donors (Lipinski definition) is 1. The molecule has 0 radical (unpaired) electrons. The molecule has 0 unspecified atom stereocenters. The second kappa shape index (κ2) is 10.0. The molecule has 0 saturated carbocycles. The van der Waals surface area contributed by atoms with Gasteiger partial charge in [-0.15, -0.1) is 0 Å². The van der Waals surface area contributed by atoms with E-state index in [1.54, 1.807) is 30.5 Å². The zero-order valence-electron chi connectivity index (χ0n) is 15.6. The molecule has 0 spiro atoms. The molecular weight excluding hydrogens is 348 g/mol. The number of carbonyl (C=O) groups is 2. The van der Waals surface area contributed by atoms with Crippen molar-refractivity contribution >= 4 is 29.3 Å².